The molecule has 0 aliphatic rings. The van der Waals surface area contributed by atoms with Crippen LogP contribution in [0, 0.1) is 5.82 Å². The Bertz CT molecular complexity index is 540. The third-order valence-corrected chi connectivity index (χ3v) is 3.16. The van der Waals surface area contributed by atoms with Crippen molar-refractivity contribution in [2.45, 2.75) is 13.0 Å². The average Bonchev–Trinajstić information content (AvgIpc) is 2.34. The molecule has 0 aliphatic carbocycles. The van der Waals surface area contributed by atoms with Crippen LogP contribution < -0.4 is 5.32 Å². The van der Waals surface area contributed by atoms with Crippen molar-refractivity contribution in [3.05, 3.63) is 63.9 Å². The zero-order valence-electron chi connectivity index (χ0n) is 9.75. The summed E-state index contributed by atoms with van der Waals surface area (Å²) in [6.45, 7) is 1.95. The fraction of sp³-hybridized carbons (Fsp3) is 0.143. The van der Waals surface area contributed by atoms with Gasteiger partial charge >= 0.3 is 0 Å². The molecule has 0 fully saturated rings. The summed E-state index contributed by atoms with van der Waals surface area (Å²) in [6, 6.07) is 11.8. The number of rotatable bonds is 3. The summed E-state index contributed by atoms with van der Waals surface area (Å²) >= 11 is 11.7. The molecular weight excluding hydrogens is 272 g/mol. The van der Waals surface area contributed by atoms with Crippen LogP contribution in [-0.4, -0.2) is 0 Å². The van der Waals surface area contributed by atoms with E-state index < -0.39 is 0 Å². The summed E-state index contributed by atoms with van der Waals surface area (Å²) in [7, 11) is 0. The van der Waals surface area contributed by atoms with E-state index in [0.29, 0.717) is 15.7 Å². The fourth-order valence-electron chi connectivity index (χ4n) is 1.68. The van der Waals surface area contributed by atoms with E-state index in [2.05, 4.69) is 5.32 Å². The van der Waals surface area contributed by atoms with Gasteiger partial charge in [0, 0.05) is 16.1 Å². The second-order valence-electron chi connectivity index (χ2n) is 4.04. The van der Waals surface area contributed by atoms with E-state index in [4.69, 9.17) is 23.2 Å². The maximum Gasteiger partial charge on any atom is 0.146 e. The van der Waals surface area contributed by atoms with Gasteiger partial charge in [0.15, 0.2) is 0 Å². The molecule has 18 heavy (non-hydrogen) atoms. The molecule has 2 aromatic rings. The van der Waals surface area contributed by atoms with E-state index in [1.807, 2.05) is 31.2 Å². The van der Waals surface area contributed by atoms with Gasteiger partial charge in [0.1, 0.15) is 5.82 Å². The number of hydrogen-bond acceptors (Lipinski definition) is 1. The van der Waals surface area contributed by atoms with Gasteiger partial charge in [-0.05, 0) is 42.8 Å². The highest BCUT2D eigenvalue weighted by molar-refractivity contribution is 6.31. The van der Waals surface area contributed by atoms with Crippen LogP contribution in [0.2, 0.25) is 10.0 Å². The molecule has 0 aliphatic heterocycles. The van der Waals surface area contributed by atoms with Crippen molar-refractivity contribution in [3.8, 4) is 0 Å². The molecule has 0 saturated carbocycles. The lowest BCUT2D eigenvalue weighted by atomic mass is 10.1. The van der Waals surface area contributed by atoms with Gasteiger partial charge in [-0.3, -0.25) is 0 Å². The van der Waals surface area contributed by atoms with E-state index in [9.17, 15) is 4.39 Å². The Morgan fingerprint density at radius 3 is 2.28 bits per heavy atom. The van der Waals surface area contributed by atoms with Crippen LogP contribution in [0.15, 0.2) is 42.5 Å². The molecule has 1 atom stereocenters. The molecule has 0 heterocycles. The molecule has 0 bridgehead atoms. The predicted octanol–water partition coefficient (Wildman–Crippen LogP) is 5.31. The Morgan fingerprint density at radius 2 is 1.61 bits per heavy atom. The molecule has 1 unspecified atom stereocenters. The maximum absolute atomic E-state index is 13.6. The first-order chi connectivity index (χ1) is 8.56. The quantitative estimate of drug-likeness (QED) is 0.805. The normalized spacial score (nSPS) is 12.2. The second kappa shape index (κ2) is 5.59. The van der Waals surface area contributed by atoms with Gasteiger partial charge in [-0.25, -0.2) is 4.39 Å². The molecule has 2 rings (SSSR count). The largest absolute Gasteiger partial charge is 0.376 e. The Morgan fingerprint density at radius 1 is 1.00 bits per heavy atom. The Labute approximate surface area is 116 Å². The molecule has 2 aromatic carbocycles. The number of nitrogens with one attached hydrogen (secondary N) is 1. The van der Waals surface area contributed by atoms with E-state index in [1.165, 1.54) is 12.1 Å². The van der Waals surface area contributed by atoms with E-state index in [1.54, 1.807) is 6.07 Å². The Balaban J connectivity index is 2.18. The first kappa shape index (κ1) is 13.2. The number of halogens is 3. The molecule has 4 heteroatoms. The van der Waals surface area contributed by atoms with Gasteiger partial charge in [0.25, 0.3) is 0 Å². The standard InChI is InChI=1S/C14H12Cl2FN/c1-9(10-2-4-11(15)5-3-10)18-14-8-12(16)6-7-13(14)17/h2-9,18H,1H3. The lowest BCUT2D eigenvalue weighted by molar-refractivity contribution is 0.627. The van der Waals surface area contributed by atoms with Gasteiger partial charge in [-0.1, -0.05) is 35.3 Å². The summed E-state index contributed by atoms with van der Waals surface area (Å²) in [5, 5.41) is 4.27. The van der Waals surface area contributed by atoms with Gasteiger partial charge in [-0.2, -0.15) is 0 Å². The lowest BCUT2D eigenvalue weighted by Crippen LogP contribution is -2.07. The van der Waals surface area contributed by atoms with Crippen molar-refractivity contribution in [3.63, 3.8) is 0 Å². The minimum absolute atomic E-state index is 0.0322. The molecule has 1 N–H and O–H groups in total. The van der Waals surface area contributed by atoms with Crippen LogP contribution in [0.25, 0.3) is 0 Å². The van der Waals surface area contributed by atoms with Crippen LogP contribution in [-0.2, 0) is 0 Å². The summed E-state index contributed by atoms with van der Waals surface area (Å²) in [5.41, 5.74) is 1.42. The summed E-state index contributed by atoms with van der Waals surface area (Å²) in [4.78, 5) is 0. The molecule has 0 aromatic heterocycles. The van der Waals surface area contributed by atoms with Crippen molar-refractivity contribution >= 4 is 28.9 Å². The SMILES string of the molecule is CC(Nc1cc(Cl)ccc1F)c1ccc(Cl)cc1. The molecular formula is C14H12Cl2FN. The predicted molar refractivity (Wildman–Crippen MR) is 74.9 cm³/mol. The van der Waals surface area contributed by atoms with Gasteiger partial charge in [0.2, 0.25) is 0 Å². The number of benzene rings is 2. The summed E-state index contributed by atoms with van der Waals surface area (Å²) in [6.07, 6.45) is 0. The monoisotopic (exact) mass is 283 g/mol. The lowest BCUT2D eigenvalue weighted by Gasteiger charge is -2.16. The van der Waals surface area contributed by atoms with Gasteiger partial charge in [-0.15, -0.1) is 0 Å². The zero-order chi connectivity index (χ0) is 13.1. The smallest absolute Gasteiger partial charge is 0.146 e. The third-order valence-electron chi connectivity index (χ3n) is 2.67. The molecule has 0 radical (unpaired) electrons. The average molecular weight is 284 g/mol. The first-order valence-corrected chi connectivity index (χ1v) is 6.29. The Kier molecular flexibility index (Phi) is 4.10. The van der Waals surface area contributed by atoms with Gasteiger partial charge < -0.3 is 5.32 Å². The first-order valence-electron chi connectivity index (χ1n) is 5.53. The van der Waals surface area contributed by atoms with Crippen LogP contribution in [0.3, 0.4) is 0 Å². The highest BCUT2D eigenvalue weighted by Gasteiger charge is 2.09. The molecule has 0 saturated heterocycles. The molecule has 94 valence electrons. The highest BCUT2D eigenvalue weighted by Crippen LogP contribution is 2.25. The topological polar surface area (TPSA) is 12.0 Å². The zero-order valence-corrected chi connectivity index (χ0v) is 11.3. The molecule has 0 amide bonds. The van der Waals surface area contributed by atoms with Crippen molar-refractivity contribution in [2.24, 2.45) is 0 Å². The van der Waals surface area contributed by atoms with Crippen molar-refractivity contribution in [1.82, 2.24) is 0 Å². The minimum atomic E-state index is -0.319. The van der Waals surface area contributed by atoms with Gasteiger partial charge in [0.05, 0.1) is 5.69 Å². The Hall–Kier alpha value is -1.25. The summed E-state index contributed by atoms with van der Waals surface area (Å²) in [5.74, 6) is -0.319. The molecule has 0 spiro atoms. The van der Waals surface area contributed by atoms with Crippen molar-refractivity contribution in [2.75, 3.05) is 5.32 Å². The van der Waals surface area contributed by atoms with Crippen LogP contribution in [0.4, 0.5) is 10.1 Å². The maximum atomic E-state index is 13.6. The van der Waals surface area contributed by atoms with E-state index in [0.717, 1.165) is 5.56 Å². The van der Waals surface area contributed by atoms with Crippen LogP contribution >= 0.6 is 23.2 Å². The highest BCUT2D eigenvalue weighted by atomic mass is 35.5. The van der Waals surface area contributed by atoms with Crippen molar-refractivity contribution < 1.29 is 4.39 Å². The van der Waals surface area contributed by atoms with E-state index in [-0.39, 0.29) is 11.9 Å². The van der Waals surface area contributed by atoms with Crippen LogP contribution in [0.1, 0.15) is 18.5 Å². The number of anilines is 1. The summed E-state index contributed by atoms with van der Waals surface area (Å²) < 4.78 is 13.6. The number of hydrogen-bond donors (Lipinski definition) is 1. The van der Waals surface area contributed by atoms with Crippen LogP contribution in [0.5, 0.6) is 0 Å². The molecule has 1 nitrogen and oxygen atoms in total. The van der Waals surface area contributed by atoms with Crippen molar-refractivity contribution in [1.29, 1.82) is 0 Å². The third kappa shape index (κ3) is 3.15. The fourth-order valence-corrected chi connectivity index (χ4v) is 1.97. The van der Waals surface area contributed by atoms with E-state index >= 15 is 0 Å². The minimum Gasteiger partial charge on any atom is -0.376 e. The second-order valence-corrected chi connectivity index (χ2v) is 4.91.